The highest BCUT2D eigenvalue weighted by Gasteiger charge is 2.33. The Labute approximate surface area is 124 Å². The zero-order valence-corrected chi connectivity index (χ0v) is 11.9. The first-order chi connectivity index (χ1) is 10.1. The molecule has 5 nitrogen and oxygen atoms in total. The Hall–Kier alpha value is -2.48. The normalized spacial score (nSPS) is 17.7. The Kier molecular flexibility index (Phi) is 4.49. The predicted molar refractivity (Wildman–Crippen MR) is 80.2 cm³/mol. The van der Waals surface area contributed by atoms with E-state index in [-0.39, 0.29) is 24.4 Å². The van der Waals surface area contributed by atoms with Crippen LogP contribution in [0.1, 0.15) is 31.2 Å². The molecule has 2 rings (SSSR count). The summed E-state index contributed by atoms with van der Waals surface area (Å²) in [5.74, 6) is 1.47. The molecule has 0 saturated heterocycles. The lowest BCUT2D eigenvalue weighted by atomic mass is 9.98. The Balaban J connectivity index is 2.21. The van der Waals surface area contributed by atoms with Gasteiger partial charge in [-0.3, -0.25) is 9.69 Å². The van der Waals surface area contributed by atoms with Gasteiger partial charge in [-0.25, -0.2) is 4.79 Å². The fourth-order valence-electron chi connectivity index (χ4n) is 2.56. The molecule has 1 aliphatic heterocycles. The first kappa shape index (κ1) is 14.9. The molecule has 0 bridgehead atoms. The number of fused-ring (bicyclic) bond motifs is 1. The van der Waals surface area contributed by atoms with Gasteiger partial charge in [0.1, 0.15) is 0 Å². The van der Waals surface area contributed by atoms with Crippen molar-refractivity contribution < 1.29 is 14.7 Å². The molecule has 1 aromatic rings. The number of nitrogens with zero attached hydrogens (tertiary/aromatic N) is 1. The number of hydrogen-bond donors (Lipinski definition) is 2. The van der Waals surface area contributed by atoms with Crippen LogP contribution in [0.25, 0.3) is 0 Å². The number of terminal acetylenes is 1. The van der Waals surface area contributed by atoms with Crippen LogP contribution in [-0.2, 0) is 4.79 Å². The van der Waals surface area contributed by atoms with E-state index in [0.29, 0.717) is 13.0 Å². The third-order valence-electron chi connectivity index (χ3n) is 3.64. The number of carbonyl (C=O) groups is 2. The van der Waals surface area contributed by atoms with E-state index in [4.69, 9.17) is 11.5 Å². The Morgan fingerprint density at radius 2 is 2.24 bits per heavy atom. The fourth-order valence-corrected chi connectivity index (χ4v) is 2.56. The Bertz CT molecular complexity index is 591. The van der Waals surface area contributed by atoms with E-state index in [1.54, 1.807) is 4.90 Å². The van der Waals surface area contributed by atoms with Crippen LogP contribution in [0.4, 0.5) is 10.5 Å². The standard InChI is InChI=1S/C16H18N2O3/c1-3-12(4-2)17-16(21)18-10-11(9-15(19)20)13-7-5-6-8-14(13)18/h1,5-8,11-12H,4,9-10H2,2H3,(H,17,21)(H,19,20). The molecular weight excluding hydrogens is 268 g/mol. The average molecular weight is 286 g/mol. The van der Waals surface area contributed by atoms with Gasteiger partial charge in [0, 0.05) is 18.2 Å². The predicted octanol–water partition coefficient (Wildman–Crippen LogP) is 2.19. The Morgan fingerprint density at radius 3 is 2.86 bits per heavy atom. The average Bonchev–Trinajstić information content (AvgIpc) is 2.83. The summed E-state index contributed by atoms with van der Waals surface area (Å²) in [6.45, 7) is 2.26. The number of carbonyl (C=O) groups excluding carboxylic acids is 1. The number of benzene rings is 1. The number of carboxylic acids is 1. The number of para-hydroxylation sites is 1. The minimum Gasteiger partial charge on any atom is -0.481 e. The maximum atomic E-state index is 12.3. The smallest absolute Gasteiger partial charge is 0.322 e. The van der Waals surface area contributed by atoms with Crippen molar-refractivity contribution in [2.75, 3.05) is 11.4 Å². The molecule has 0 saturated carbocycles. The topological polar surface area (TPSA) is 69.6 Å². The summed E-state index contributed by atoms with van der Waals surface area (Å²) in [7, 11) is 0. The first-order valence-corrected chi connectivity index (χ1v) is 6.91. The van der Waals surface area contributed by atoms with Gasteiger partial charge in [-0.2, -0.15) is 0 Å². The molecule has 0 fully saturated rings. The van der Waals surface area contributed by atoms with Crippen molar-refractivity contribution in [3.63, 3.8) is 0 Å². The van der Waals surface area contributed by atoms with Crippen LogP contribution in [0.15, 0.2) is 24.3 Å². The van der Waals surface area contributed by atoms with Crippen LogP contribution in [-0.4, -0.2) is 29.7 Å². The lowest BCUT2D eigenvalue weighted by Gasteiger charge is -2.20. The number of amides is 2. The van der Waals surface area contributed by atoms with Crippen LogP contribution in [0, 0.1) is 12.3 Å². The van der Waals surface area contributed by atoms with Crippen molar-refractivity contribution in [1.82, 2.24) is 5.32 Å². The second kappa shape index (κ2) is 6.31. The van der Waals surface area contributed by atoms with Crippen molar-refractivity contribution >= 4 is 17.7 Å². The second-order valence-corrected chi connectivity index (χ2v) is 5.04. The minimum absolute atomic E-state index is 0.00708. The third kappa shape index (κ3) is 3.16. The van der Waals surface area contributed by atoms with E-state index in [1.807, 2.05) is 31.2 Å². The zero-order chi connectivity index (χ0) is 15.4. The highest BCUT2D eigenvalue weighted by atomic mass is 16.4. The molecule has 2 N–H and O–H groups in total. The van der Waals surface area contributed by atoms with Crippen molar-refractivity contribution in [2.24, 2.45) is 0 Å². The first-order valence-electron chi connectivity index (χ1n) is 6.91. The second-order valence-electron chi connectivity index (χ2n) is 5.04. The number of nitrogens with one attached hydrogen (secondary N) is 1. The number of urea groups is 1. The van der Waals surface area contributed by atoms with Gasteiger partial charge in [0.25, 0.3) is 0 Å². The molecular formula is C16H18N2O3. The maximum Gasteiger partial charge on any atom is 0.322 e. The van der Waals surface area contributed by atoms with E-state index in [0.717, 1.165) is 11.3 Å². The van der Waals surface area contributed by atoms with Crippen LogP contribution in [0.5, 0.6) is 0 Å². The lowest BCUT2D eigenvalue weighted by Crippen LogP contribution is -2.44. The lowest BCUT2D eigenvalue weighted by molar-refractivity contribution is -0.137. The largest absolute Gasteiger partial charge is 0.481 e. The van der Waals surface area contributed by atoms with Crippen molar-refractivity contribution in [3.05, 3.63) is 29.8 Å². The summed E-state index contributed by atoms with van der Waals surface area (Å²) in [5.41, 5.74) is 1.65. The van der Waals surface area contributed by atoms with Gasteiger partial charge in [-0.1, -0.05) is 31.0 Å². The van der Waals surface area contributed by atoms with Crippen LogP contribution >= 0.6 is 0 Å². The monoisotopic (exact) mass is 286 g/mol. The zero-order valence-electron chi connectivity index (χ0n) is 11.9. The number of anilines is 1. The number of rotatable bonds is 4. The molecule has 2 unspecified atom stereocenters. The molecule has 2 atom stereocenters. The molecule has 2 amide bonds. The van der Waals surface area contributed by atoms with Crippen LogP contribution in [0.3, 0.4) is 0 Å². The molecule has 0 spiro atoms. The summed E-state index contributed by atoms with van der Waals surface area (Å²) in [6.07, 6.45) is 6.01. The van der Waals surface area contributed by atoms with Gasteiger partial charge in [-0.05, 0) is 18.1 Å². The van der Waals surface area contributed by atoms with Crippen LogP contribution in [0.2, 0.25) is 0 Å². The highest BCUT2D eigenvalue weighted by Crippen LogP contribution is 2.37. The summed E-state index contributed by atoms with van der Waals surface area (Å²) >= 11 is 0. The van der Waals surface area contributed by atoms with Gasteiger partial charge in [0.2, 0.25) is 0 Å². The van der Waals surface area contributed by atoms with E-state index in [9.17, 15) is 9.59 Å². The molecule has 5 heteroatoms. The molecule has 110 valence electrons. The summed E-state index contributed by atoms with van der Waals surface area (Å²) in [6, 6.07) is 6.79. The van der Waals surface area contributed by atoms with Gasteiger partial charge in [-0.15, -0.1) is 6.42 Å². The quantitative estimate of drug-likeness (QED) is 0.834. The van der Waals surface area contributed by atoms with Gasteiger partial charge < -0.3 is 10.4 Å². The molecule has 1 heterocycles. The third-order valence-corrected chi connectivity index (χ3v) is 3.64. The molecule has 0 aromatic heterocycles. The number of aliphatic carboxylic acids is 1. The fraction of sp³-hybridized carbons (Fsp3) is 0.375. The summed E-state index contributed by atoms with van der Waals surface area (Å²) < 4.78 is 0. The van der Waals surface area contributed by atoms with Gasteiger partial charge in [0.05, 0.1) is 12.5 Å². The van der Waals surface area contributed by atoms with E-state index < -0.39 is 5.97 Å². The van der Waals surface area contributed by atoms with E-state index in [2.05, 4.69) is 11.2 Å². The maximum absolute atomic E-state index is 12.3. The van der Waals surface area contributed by atoms with Crippen molar-refractivity contribution in [2.45, 2.75) is 31.7 Å². The number of carboxylic acid groups (broad SMARTS) is 1. The van der Waals surface area contributed by atoms with Gasteiger partial charge >= 0.3 is 12.0 Å². The molecule has 0 aliphatic carbocycles. The molecule has 0 radical (unpaired) electrons. The summed E-state index contributed by atoms with van der Waals surface area (Å²) in [5, 5.41) is 11.8. The molecule has 1 aromatic carbocycles. The highest BCUT2D eigenvalue weighted by molar-refractivity contribution is 5.95. The SMILES string of the molecule is C#CC(CC)NC(=O)N1CC(CC(=O)O)c2ccccc21. The van der Waals surface area contributed by atoms with Crippen molar-refractivity contribution in [3.8, 4) is 12.3 Å². The molecule has 1 aliphatic rings. The molecule has 21 heavy (non-hydrogen) atoms. The van der Waals surface area contributed by atoms with Crippen LogP contribution < -0.4 is 10.2 Å². The summed E-state index contributed by atoms with van der Waals surface area (Å²) in [4.78, 5) is 24.9. The van der Waals surface area contributed by atoms with E-state index >= 15 is 0 Å². The van der Waals surface area contributed by atoms with Crippen molar-refractivity contribution in [1.29, 1.82) is 0 Å². The minimum atomic E-state index is -0.868. The van der Waals surface area contributed by atoms with Gasteiger partial charge in [0.15, 0.2) is 0 Å². The van der Waals surface area contributed by atoms with E-state index in [1.165, 1.54) is 0 Å². The number of hydrogen-bond acceptors (Lipinski definition) is 2. The Morgan fingerprint density at radius 1 is 1.52 bits per heavy atom.